The standard InChI is InChI=1S/C18H24N4O3/c1-3-10-19-17(23)14-5-4-11-22(12-14)18-20-16(21-25-18)13-6-8-15(24-2)9-7-13/h6-9,14H,3-5,10-12H2,1-2H3,(H,19,23)/t14-/m0/s1. The van der Waals surface area contributed by atoms with E-state index in [4.69, 9.17) is 9.26 Å². The quantitative estimate of drug-likeness (QED) is 0.867. The molecule has 0 saturated carbocycles. The van der Waals surface area contributed by atoms with Crippen molar-refractivity contribution in [3.8, 4) is 17.1 Å². The Morgan fingerprint density at radius 3 is 2.92 bits per heavy atom. The summed E-state index contributed by atoms with van der Waals surface area (Å²) in [6.07, 6.45) is 2.77. The predicted molar refractivity (Wildman–Crippen MR) is 94.5 cm³/mol. The molecule has 1 saturated heterocycles. The van der Waals surface area contributed by atoms with E-state index in [-0.39, 0.29) is 11.8 Å². The van der Waals surface area contributed by atoms with E-state index in [0.717, 1.165) is 43.7 Å². The molecular weight excluding hydrogens is 320 g/mol. The number of rotatable bonds is 6. The number of carbonyl (C=O) groups is 1. The van der Waals surface area contributed by atoms with Gasteiger partial charge in [0.05, 0.1) is 13.0 Å². The number of nitrogens with zero attached hydrogens (tertiary/aromatic N) is 3. The van der Waals surface area contributed by atoms with Crippen LogP contribution in [0.25, 0.3) is 11.4 Å². The minimum Gasteiger partial charge on any atom is -0.497 e. The maximum Gasteiger partial charge on any atom is 0.324 e. The molecule has 2 heterocycles. The molecule has 0 aliphatic carbocycles. The molecule has 1 aliphatic heterocycles. The summed E-state index contributed by atoms with van der Waals surface area (Å²) in [6.45, 7) is 4.20. The van der Waals surface area contributed by atoms with E-state index < -0.39 is 0 Å². The Bertz CT molecular complexity index is 699. The van der Waals surface area contributed by atoms with Gasteiger partial charge < -0.3 is 19.5 Å². The Balaban J connectivity index is 1.67. The van der Waals surface area contributed by atoms with Gasteiger partial charge in [-0.25, -0.2) is 0 Å². The van der Waals surface area contributed by atoms with Gasteiger partial charge in [0.25, 0.3) is 0 Å². The smallest absolute Gasteiger partial charge is 0.324 e. The lowest BCUT2D eigenvalue weighted by molar-refractivity contribution is -0.125. The van der Waals surface area contributed by atoms with Gasteiger partial charge in [0.2, 0.25) is 11.7 Å². The number of anilines is 1. The highest BCUT2D eigenvalue weighted by Gasteiger charge is 2.28. The van der Waals surface area contributed by atoms with Gasteiger partial charge >= 0.3 is 6.01 Å². The fourth-order valence-corrected chi connectivity index (χ4v) is 2.96. The zero-order valence-electron chi connectivity index (χ0n) is 14.7. The van der Waals surface area contributed by atoms with Gasteiger partial charge in [0.1, 0.15) is 5.75 Å². The minimum absolute atomic E-state index is 0.0309. The summed E-state index contributed by atoms with van der Waals surface area (Å²) >= 11 is 0. The van der Waals surface area contributed by atoms with Crippen LogP contribution in [-0.2, 0) is 4.79 Å². The van der Waals surface area contributed by atoms with Gasteiger partial charge in [-0.2, -0.15) is 4.98 Å². The number of nitrogens with one attached hydrogen (secondary N) is 1. The van der Waals surface area contributed by atoms with Crippen molar-refractivity contribution in [2.75, 3.05) is 31.6 Å². The van der Waals surface area contributed by atoms with Crippen LogP contribution < -0.4 is 15.0 Å². The second-order valence-electron chi connectivity index (χ2n) is 6.21. The molecule has 0 radical (unpaired) electrons. The maximum atomic E-state index is 12.2. The number of ether oxygens (including phenoxy) is 1. The second-order valence-corrected chi connectivity index (χ2v) is 6.21. The van der Waals surface area contributed by atoms with Crippen molar-refractivity contribution in [2.45, 2.75) is 26.2 Å². The lowest BCUT2D eigenvalue weighted by Gasteiger charge is -2.30. The second kappa shape index (κ2) is 8.00. The van der Waals surface area contributed by atoms with Crippen molar-refractivity contribution in [1.82, 2.24) is 15.5 Å². The fraction of sp³-hybridized carbons (Fsp3) is 0.500. The maximum absolute atomic E-state index is 12.2. The lowest BCUT2D eigenvalue weighted by Crippen LogP contribution is -2.43. The molecule has 1 fully saturated rings. The van der Waals surface area contributed by atoms with Gasteiger partial charge in [-0.3, -0.25) is 4.79 Å². The number of carbonyl (C=O) groups excluding carboxylic acids is 1. The van der Waals surface area contributed by atoms with Crippen molar-refractivity contribution in [1.29, 1.82) is 0 Å². The van der Waals surface area contributed by atoms with Crippen LogP contribution in [0.2, 0.25) is 0 Å². The van der Waals surface area contributed by atoms with E-state index in [2.05, 4.69) is 15.5 Å². The first-order valence-corrected chi connectivity index (χ1v) is 8.72. The van der Waals surface area contributed by atoms with Gasteiger partial charge in [0, 0.05) is 25.2 Å². The minimum atomic E-state index is -0.0309. The highest BCUT2D eigenvalue weighted by Crippen LogP contribution is 2.25. The normalized spacial score (nSPS) is 17.4. The summed E-state index contributed by atoms with van der Waals surface area (Å²) in [5.41, 5.74) is 0.866. The van der Waals surface area contributed by atoms with Crippen LogP contribution in [0.3, 0.4) is 0 Å². The number of piperidine rings is 1. The molecule has 2 aromatic rings. The molecule has 3 rings (SSSR count). The SMILES string of the molecule is CCCNC(=O)[C@H]1CCCN(c2nc(-c3ccc(OC)cc3)no2)C1. The first-order chi connectivity index (χ1) is 12.2. The van der Waals surface area contributed by atoms with Crippen LogP contribution >= 0.6 is 0 Å². The molecule has 134 valence electrons. The molecule has 0 spiro atoms. The monoisotopic (exact) mass is 344 g/mol. The van der Waals surface area contributed by atoms with E-state index in [0.29, 0.717) is 18.4 Å². The number of amides is 1. The first kappa shape index (κ1) is 17.3. The Kier molecular flexibility index (Phi) is 5.53. The third-order valence-electron chi connectivity index (χ3n) is 4.38. The topological polar surface area (TPSA) is 80.5 Å². The van der Waals surface area contributed by atoms with Crippen molar-refractivity contribution < 1.29 is 14.1 Å². The van der Waals surface area contributed by atoms with E-state index >= 15 is 0 Å². The van der Waals surface area contributed by atoms with Gasteiger partial charge in [-0.1, -0.05) is 12.1 Å². The third kappa shape index (κ3) is 4.10. The molecule has 1 amide bonds. The third-order valence-corrected chi connectivity index (χ3v) is 4.38. The molecule has 0 unspecified atom stereocenters. The van der Waals surface area contributed by atoms with Gasteiger partial charge in [-0.15, -0.1) is 0 Å². The number of hydrogen-bond acceptors (Lipinski definition) is 6. The molecule has 1 aliphatic rings. The molecule has 7 heteroatoms. The number of hydrogen-bond donors (Lipinski definition) is 1. The van der Waals surface area contributed by atoms with Crippen LogP contribution in [0.1, 0.15) is 26.2 Å². The first-order valence-electron chi connectivity index (χ1n) is 8.72. The summed E-state index contributed by atoms with van der Waals surface area (Å²) in [4.78, 5) is 18.7. The lowest BCUT2D eigenvalue weighted by atomic mass is 9.97. The number of methoxy groups -OCH3 is 1. The van der Waals surface area contributed by atoms with Crippen LogP contribution in [0.15, 0.2) is 28.8 Å². The molecule has 1 aromatic heterocycles. The molecule has 1 atom stereocenters. The van der Waals surface area contributed by atoms with Crippen molar-refractivity contribution in [2.24, 2.45) is 5.92 Å². The molecular formula is C18H24N4O3. The zero-order valence-corrected chi connectivity index (χ0v) is 14.7. The van der Waals surface area contributed by atoms with Crippen LogP contribution in [0.4, 0.5) is 6.01 Å². The van der Waals surface area contributed by atoms with E-state index in [1.165, 1.54) is 0 Å². The summed E-state index contributed by atoms with van der Waals surface area (Å²) in [6, 6.07) is 7.98. The molecule has 0 bridgehead atoms. The molecule has 1 aromatic carbocycles. The number of benzene rings is 1. The van der Waals surface area contributed by atoms with Gasteiger partial charge in [0.15, 0.2) is 0 Å². The van der Waals surface area contributed by atoms with E-state index in [9.17, 15) is 4.79 Å². The van der Waals surface area contributed by atoms with Crippen molar-refractivity contribution in [3.63, 3.8) is 0 Å². The van der Waals surface area contributed by atoms with Crippen LogP contribution in [0, 0.1) is 5.92 Å². The van der Waals surface area contributed by atoms with Crippen molar-refractivity contribution >= 4 is 11.9 Å². The fourth-order valence-electron chi connectivity index (χ4n) is 2.96. The van der Waals surface area contributed by atoms with Gasteiger partial charge in [-0.05, 0) is 43.5 Å². The summed E-state index contributed by atoms with van der Waals surface area (Å²) < 4.78 is 10.6. The highest BCUT2D eigenvalue weighted by atomic mass is 16.5. The summed E-state index contributed by atoms with van der Waals surface area (Å²) in [5.74, 6) is 1.40. The molecule has 25 heavy (non-hydrogen) atoms. The average molecular weight is 344 g/mol. The average Bonchev–Trinajstić information content (AvgIpc) is 3.16. The Morgan fingerprint density at radius 1 is 1.40 bits per heavy atom. The Morgan fingerprint density at radius 2 is 2.20 bits per heavy atom. The van der Waals surface area contributed by atoms with Crippen molar-refractivity contribution in [3.05, 3.63) is 24.3 Å². The number of aromatic nitrogens is 2. The van der Waals surface area contributed by atoms with E-state index in [1.54, 1.807) is 7.11 Å². The molecule has 1 N–H and O–H groups in total. The molecule has 7 nitrogen and oxygen atoms in total. The predicted octanol–water partition coefficient (Wildman–Crippen LogP) is 2.49. The van der Waals surface area contributed by atoms with Crippen LogP contribution in [-0.4, -0.2) is 42.8 Å². The Labute approximate surface area is 147 Å². The summed E-state index contributed by atoms with van der Waals surface area (Å²) in [7, 11) is 1.63. The Hall–Kier alpha value is -2.57. The van der Waals surface area contributed by atoms with E-state index in [1.807, 2.05) is 36.1 Å². The zero-order chi connectivity index (χ0) is 17.6. The highest BCUT2D eigenvalue weighted by molar-refractivity contribution is 5.79. The van der Waals surface area contributed by atoms with Crippen LogP contribution in [0.5, 0.6) is 5.75 Å². The largest absolute Gasteiger partial charge is 0.497 e. The summed E-state index contributed by atoms with van der Waals surface area (Å²) in [5, 5.41) is 7.04.